The summed E-state index contributed by atoms with van der Waals surface area (Å²) >= 11 is 1.29. The molecule has 3 nitrogen and oxygen atoms in total. The first kappa shape index (κ1) is 11.3. The molecule has 0 spiro atoms. The van der Waals surface area contributed by atoms with E-state index < -0.39 is 6.10 Å². The number of aliphatic hydroxyl groups excluding tert-OH is 1. The van der Waals surface area contributed by atoms with Crippen LogP contribution in [0.15, 0.2) is 12.2 Å². The van der Waals surface area contributed by atoms with Crippen LogP contribution in [-0.4, -0.2) is 14.7 Å². The minimum absolute atomic E-state index is 0.478. The zero-order valence-electron chi connectivity index (χ0n) is 8.66. The Morgan fingerprint density at radius 2 is 2.36 bits per heavy atom. The second-order valence-corrected chi connectivity index (χ2v) is 4.30. The number of hydrogen-bond donors (Lipinski definition) is 1. The van der Waals surface area contributed by atoms with Crippen LogP contribution in [0.1, 0.15) is 43.4 Å². The molecule has 1 N–H and O–H groups in total. The van der Waals surface area contributed by atoms with Crippen LogP contribution in [-0.2, 0) is 6.42 Å². The highest BCUT2D eigenvalue weighted by Gasteiger charge is 2.15. The average molecular weight is 212 g/mol. The summed E-state index contributed by atoms with van der Waals surface area (Å²) in [5.74, 6) is 0. The van der Waals surface area contributed by atoms with Crippen molar-refractivity contribution in [1.29, 1.82) is 0 Å². The van der Waals surface area contributed by atoms with E-state index in [4.69, 9.17) is 0 Å². The van der Waals surface area contributed by atoms with Crippen molar-refractivity contribution in [1.82, 2.24) is 9.59 Å². The third-order valence-electron chi connectivity index (χ3n) is 1.92. The van der Waals surface area contributed by atoms with Crippen LogP contribution in [0.4, 0.5) is 0 Å². The van der Waals surface area contributed by atoms with Crippen LogP contribution in [0.2, 0.25) is 0 Å². The van der Waals surface area contributed by atoms with Crippen molar-refractivity contribution >= 4 is 11.5 Å². The number of aliphatic hydroxyl groups is 1. The van der Waals surface area contributed by atoms with Gasteiger partial charge in [-0.15, -0.1) is 11.7 Å². The van der Waals surface area contributed by atoms with Gasteiger partial charge in [-0.1, -0.05) is 23.4 Å². The Balaban J connectivity index is 2.72. The van der Waals surface area contributed by atoms with Crippen molar-refractivity contribution in [3.8, 4) is 0 Å². The normalized spacial score (nSPS) is 12.8. The van der Waals surface area contributed by atoms with Crippen LogP contribution in [0.25, 0.3) is 0 Å². The molecule has 1 aromatic rings. The van der Waals surface area contributed by atoms with E-state index in [0.717, 1.165) is 29.0 Å². The molecule has 1 atom stereocenters. The molecule has 14 heavy (non-hydrogen) atoms. The molecule has 0 aliphatic carbocycles. The van der Waals surface area contributed by atoms with E-state index in [9.17, 15) is 5.11 Å². The lowest BCUT2D eigenvalue weighted by molar-refractivity contribution is 0.181. The van der Waals surface area contributed by atoms with Gasteiger partial charge in [-0.25, -0.2) is 0 Å². The van der Waals surface area contributed by atoms with E-state index >= 15 is 0 Å². The molecule has 0 bridgehead atoms. The molecule has 0 amide bonds. The van der Waals surface area contributed by atoms with Gasteiger partial charge in [0.1, 0.15) is 0 Å². The van der Waals surface area contributed by atoms with Crippen molar-refractivity contribution < 1.29 is 5.11 Å². The predicted octanol–water partition coefficient (Wildman–Crippen LogP) is 2.49. The number of aryl methyl sites for hydroxylation is 1. The first-order valence-electron chi connectivity index (χ1n) is 4.78. The second kappa shape index (κ2) is 5.22. The first-order valence-corrected chi connectivity index (χ1v) is 5.56. The highest BCUT2D eigenvalue weighted by atomic mass is 32.1. The Hall–Kier alpha value is -0.740. The fourth-order valence-corrected chi connectivity index (χ4v) is 1.98. The van der Waals surface area contributed by atoms with E-state index in [1.165, 1.54) is 11.5 Å². The number of nitrogens with zero attached hydrogens (tertiary/aromatic N) is 2. The van der Waals surface area contributed by atoms with Crippen molar-refractivity contribution in [2.24, 2.45) is 0 Å². The van der Waals surface area contributed by atoms with E-state index in [1.54, 1.807) is 0 Å². The van der Waals surface area contributed by atoms with Gasteiger partial charge in [0, 0.05) is 0 Å². The summed E-state index contributed by atoms with van der Waals surface area (Å²) in [5.41, 5.74) is 1.92. The summed E-state index contributed by atoms with van der Waals surface area (Å²) in [4.78, 5) is 0.898. The molecule has 0 radical (unpaired) electrons. The van der Waals surface area contributed by atoms with Gasteiger partial charge < -0.3 is 5.11 Å². The molecule has 78 valence electrons. The smallest absolute Gasteiger partial charge is 0.0953 e. The minimum Gasteiger partial charge on any atom is -0.387 e. The first-order chi connectivity index (χ1) is 6.65. The van der Waals surface area contributed by atoms with Crippen LogP contribution < -0.4 is 0 Å². The predicted molar refractivity (Wildman–Crippen MR) is 58.3 cm³/mol. The van der Waals surface area contributed by atoms with Crippen molar-refractivity contribution in [2.45, 2.75) is 39.2 Å². The SMILES string of the molecule is C=C(C)CC(O)c1snnc1CCC. The van der Waals surface area contributed by atoms with E-state index in [-0.39, 0.29) is 0 Å². The van der Waals surface area contributed by atoms with Crippen LogP contribution in [0.5, 0.6) is 0 Å². The number of aromatic nitrogens is 2. The van der Waals surface area contributed by atoms with Crippen molar-refractivity contribution in [3.05, 3.63) is 22.7 Å². The van der Waals surface area contributed by atoms with Crippen LogP contribution in [0, 0.1) is 0 Å². The quantitative estimate of drug-likeness (QED) is 0.763. The van der Waals surface area contributed by atoms with E-state index in [2.05, 4.69) is 23.1 Å². The molecular formula is C10H16N2OS. The molecule has 4 heteroatoms. The van der Waals surface area contributed by atoms with Crippen molar-refractivity contribution in [2.75, 3.05) is 0 Å². The molecule has 1 rings (SSSR count). The Kier molecular flexibility index (Phi) is 4.22. The molecule has 0 aliphatic rings. The summed E-state index contributed by atoms with van der Waals surface area (Å²) in [6, 6.07) is 0. The molecule has 0 fully saturated rings. The van der Waals surface area contributed by atoms with Gasteiger partial charge in [0.05, 0.1) is 16.7 Å². The summed E-state index contributed by atoms with van der Waals surface area (Å²) in [5, 5.41) is 13.9. The zero-order valence-corrected chi connectivity index (χ0v) is 9.47. The van der Waals surface area contributed by atoms with Gasteiger partial charge in [0.15, 0.2) is 0 Å². The van der Waals surface area contributed by atoms with Crippen LogP contribution in [0.3, 0.4) is 0 Å². The number of rotatable bonds is 5. The summed E-state index contributed by atoms with van der Waals surface area (Å²) < 4.78 is 3.87. The fraction of sp³-hybridized carbons (Fsp3) is 0.600. The molecule has 0 aliphatic heterocycles. The van der Waals surface area contributed by atoms with Gasteiger partial charge in [-0.2, -0.15) is 0 Å². The van der Waals surface area contributed by atoms with Gasteiger partial charge in [-0.3, -0.25) is 0 Å². The molecule has 0 saturated heterocycles. The Morgan fingerprint density at radius 3 is 2.93 bits per heavy atom. The summed E-state index contributed by atoms with van der Waals surface area (Å²) in [7, 11) is 0. The molecular weight excluding hydrogens is 196 g/mol. The van der Waals surface area contributed by atoms with Gasteiger partial charge in [0.2, 0.25) is 0 Å². The lowest BCUT2D eigenvalue weighted by Gasteiger charge is -2.08. The maximum atomic E-state index is 9.86. The minimum atomic E-state index is -0.478. The third kappa shape index (κ3) is 2.89. The standard InChI is InChI=1S/C10H16N2OS/c1-4-5-8-10(14-12-11-8)9(13)6-7(2)3/h9,13H,2,4-6H2,1,3H3. The fourth-order valence-electron chi connectivity index (χ4n) is 1.30. The Bertz CT molecular complexity index is 309. The highest BCUT2D eigenvalue weighted by Crippen LogP contribution is 2.26. The molecule has 1 aromatic heterocycles. The van der Waals surface area contributed by atoms with E-state index in [1.807, 2.05) is 6.92 Å². The molecule has 1 unspecified atom stereocenters. The Labute approximate surface area is 88.6 Å². The lowest BCUT2D eigenvalue weighted by Crippen LogP contribution is -1.99. The molecule has 0 aromatic carbocycles. The largest absolute Gasteiger partial charge is 0.387 e. The van der Waals surface area contributed by atoms with Crippen LogP contribution >= 0.6 is 11.5 Å². The maximum Gasteiger partial charge on any atom is 0.0953 e. The topological polar surface area (TPSA) is 46.0 Å². The van der Waals surface area contributed by atoms with Gasteiger partial charge in [0.25, 0.3) is 0 Å². The van der Waals surface area contributed by atoms with Crippen molar-refractivity contribution in [3.63, 3.8) is 0 Å². The monoisotopic (exact) mass is 212 g/mol. The zero-order chi connectivity index (χ0) is 10.6. The van der Waals surface area contributed by atoms with E-state index in [0.29, 0.717) is 6.42 Å². The van der Waals surface area contributed by atoms with Gasteiger partial charge in [-0.05, 0) is 31.3 Å². The lowest BCUT2D eigenvalue weighted by atomic mass is 10.1. The highest BCUT2D eigenvalue weighted by molar-refractivity contribution is 7.05. The molecule has 0 saturated carbocycles. The Morgan fingerprint density at radius 1 is 1.64 bits per heavy atom. The summed E-state index contributed by atoms with van der Waals surface area (Å²) in [6.07, 6.45) is 2.03. The molecule has 1 heterocycles. The average Bonchev–Trinajstić information content (AvgIpc) is 2.51. The second-order valence-electron chi connectivity index (χ2n) is 3.51. The summed E-state index contributed by atoms with van der Waals surface area (Å²) in [6.45, 7) is 7.79. The maximum absolute atomic E-state index is 9.86. The third-order valence-corrected chi connectivity index (χ3v) is 2.78. The number of hydrogen-bond acceptors (Lipinski definition) is 4. The van der Waals surface area contributed by atoms with Gasteiger partial charge >= 0.3 is 0 Å².